The normalized spacial score (nSPS) is 10.1. The smallest absolute Gasteiger partial charge is 0.225 e. The van der Waals surface area contributed by atoms with Crippen molar-refractivity contribution in [3.05, 3.63) is 98.9 Å². The SMILES string of the molecule is CC.CC.CCc1cn(Cc2ccc(F)c(Cl)c2)c(Nc2cc(-c3ncco3)ccc2C)cc1=O. The molecule has 4 aromatic rings. The van der Waals surface area contributed by atoms with Gasteiger partial charge < -0.3 is 14.3 Å². The third-order valence-corrected chi connectivity index (χ3v) is 5.39. The summed E-state index contributed by atoms with van der Waals surface area (Å²) in [5.74, 6) is 0.676. The fraction of sp³-hybridized carbons (Fsp3) is 0.286. The Labute approximate surface area is 211 Å². The monoisotopic (exact) mass is 497 g/mol. The van der Waals surface area contributed by atoms with Crippen LogP contribution in [0.15, 0.2) is 70.3 Å². The number of pyridine rings is 1. The molecule has 0 aliphatic heterocycles. The predicted octanol–water partition coefficient (Wildman–Crippen LogP) is 8.01. The van der Waals surface area contributed by atoms with E-state index in [9.17, 15) is 9.18 Å². The molecule has 0 spiro atoms. The maximum atomic E-state index is 13.6. The fourth-order valence-electron chi connectivity index (χ4n) is 3.35. The van der Waals surface area contributed by atoms with E-state index in [1.807, 2.05) is 70.5 Å². The Morgan fingerprint density at radius 3 is 2.46 bits per heavy atom. The van der Waals surface area contributed by atoms with Gasteiger partial charge in [0, 0.05) is 35.6 Å². The van der Waals surface area contributed by atoms with Crippen molar-refractivity contribution in [3.8, 4) is 11.5 Å². The zero-order valence-electron chi connectivity index (χ0n) is 21.2. The number of aryl methyl sites for hydroxylation is 2. The summed E-state index contributed by atoms with van der Waals surface area (Å²) in [6.45, 7) is 12.3. The molecule has 0 unspecified atom stereocenters. The Bertz CT molecular complexity index is 1280. The summed E-state index contributed by atoms with van der Waals surface area (Å²) in [4.78, 5) is 16.8. The van der Waals surface area contributed by atoms with Crippen molar-refractivity contribution < 1.29 is 8.81 Å². The second-order valence-corrected chi connectivity index (χ2v) is 7.68. The molecule has 0 atom stereocenters. The molecule has 2 aromatic heterocycles. The van der Waals surface area contributed by atoms with Crippen LogP contribution in [0.1, 0.15) is 51.3 Å². The maximum Gasteiger partial charge on any atom is 0.225 e. The van der Waals surface area contributed by atoms with Crippen molar-refractivity contribution in [2.45, 2.75) is 54.5 Å². The van der Waals surface area contributed by atoms with Crippen LogP contribution < -0.4 is 10.7 Å². The van der Waals surface area contributed by atoms with Crippen LogP contribution in [0.5, 0.6) is 0 Å². The predicted molar refractivity (Wildman–Crippen MR) is 143 cm³/mol. The average molecular weight is 498 g/mol. The lowest BCUT2D eigenvalue weighted by atomic mass is 10.1. The summed E-state index contributed by atoms with van der Waals surface area (Å²) < 4.78 is 20.9. The summed E-state index contributed by atoms with van der Waals surface area (Å²) in [5, 5.41) is 3.44. The lowest BCUT2D eigenvalue weighted by Crippen LogP contribution is -2.16. The topological polar surface area (TPSA) is 60.1 Å². The number of halogens is 2. The molecule has 186 valence electrons. The van der Waals surface area contributed by atoms with Crippen LogP contribution >= 0.6 is 11.6 Å². The lowest BCUT2D eigenvalue weighted by Gasteiger charge is -2.18. The molecule has 7 heteroatoms. The molecule has 0 saturated carbocycles. The van der Waals surface area contributed by atoms with Gasteiger partial charge in [-0.25, -0.2) is 9.37 Å². The molecule has 1 N–H and O–H groups in total. The molecule has 0 fully saturated rings. The van der Waals surface area contributed by atoms with Crippen LogP contribution in [0.25, 0.3) is 11.5 Å². The van der Waals surface area contributed by atoms with Gasteiger partial charge in [-0.15, -0.1) is 0 Å². The van der Waals surface area contributed by atoms with Crippen LogP contribution in [0, 0.1) is 12.7 Å². The van der Waals surface area contributed by atoms with E-state index in [2.05, 4.69) is 10.3 Å². The fourth-order valence-corrected chi connectivity index (χ4v) is 3.56. The van der Waals surface area contributed by atoms with Gasteiger partial charge in [-0.2, -0.15) is 0 Å². The second-order valence-electron chi connectivity index (χ2n) is 7.27. The van der Waals surface area contributed by atoms with Gasteiger partial charge in [-0.05, 0) is 48.7 Å². The number of hydrogen-bond acceptors (Lipinski definition) is 4. The Morgan fingerprint density at radius 2 is 1.83 bits per heavy atom. The summed E-state index contributed by atoms with van der Waals surface area (Å²) in [6, 6.07) is 12.0. The first kappa shape index (κ1) is 27.9. The van der Waals surface area contributed by atoms with Gasteiger partial charge in [0.05, 0.1) is 11.2 Å². The van der Waals surface area contributed by atoms with Crippen LogP contribution in [0.4, 0.5) is 15.9 Å². The van der Waals surface area contributed by atoms with E-state index >= 15 is 0 Å². The van der Waals surface area contributed by atoms with E-state index in [0.29, 0.717) is 30.2 Å². The molecule has 0 bridgehead atoms. The number of aromatic nitrogens is 2. The molecule has 4 rings (SSSR count). The molecule has 0 amide bonds. The van der Waals surface area contributed by atoms with E-state index in [0.717, 1.165) is 22.4 Å². The zero-order chi connectivity index (χ0) is 26.0. The molecule has 0 radical (unpaired) electrons. The minimum atomic E-state index is -0.461. The van der Waals surface area contributed by atoms with Gasteiger partial charge in [0.25, 0.3) is 0 Å². The Morgan fingerprint density at radius 1 is 1.09 bits per heavy atom. The molecule has 2 aromatic carbocycles. The van der Waals surface area contributed by atoms with E-state index in [1.165, 1.54) is 12.3 Å². The highest BCUT2D eigenvalue weighted by Crippen LogP contribution is 2.27. The Hall–Kier alpha value is -3.38. The van der Waals surface area contributed by atoms with Gasteiger partial charge >= 0.3 is 0 Å². The maximum absolute atomic E-state index is 13.6. The highest BCUT2D eigenvalue weighted by molar-refractivity contribution is 6.30. The van der Waals surface area contributed by atoms with Gasteiger partial charge in [-0.3, -0.25) is 4.79 Å². The molecule has 5 nitrogen and oxygen atoms in total. The number of benzene rings is 2. The van der Waals surface area contributed by atoms with Crippen LogP contribution in [0.2, 0.25) is 5.02 Å². The standard InChI is InChI=1S/C24H21ClFN3O2.2C2H6/c1-3-17-14-29(13-16-5-7-20(26)19(25)10-16)23(12-22(17)30)28-21-11-18(6-4-15(21)2)24-27-8-9-31-24;2*1-2/h4-12,14,28H,3,13H2,1-2H3;2*1-2H3. The number of oxazole rings is 1. The van der Waals surface area contributed by atoms with Crippen molar-refractivity contribution in [3.63, 3.8) is 0 Å². The van der Waals surface area contributed by atoms with Crippen LogP contribution in [-0.4, -0.2) is 9.55 Å². The number of nitrogens with one attached hydrogen (secondary N) is 1. The largest absolute Gasteiger partial charge is 0.445 e. The molecule has 0 aliphatic rings. The molecular weight excluding hydrogens is 465 g/mol. The van der Waals surface area contributed by atoms with Gasteiger partial charge in [0.15, 0.2) is 5.43 Å². The third-order valence-electron chi connectivity index (χ3n) is 5.10. The van der Waals surface area contributed by atoms with Crippen molar-refractivity contribution in [2.75, 3.05) is 5.32 Å². The first-order chi connectivity index (χ1) is 16.9. The van der Waals surface area contributed by atoms with E-state index < -0.39 is 5.82 Å². The van der Waals surface area contributed by atoms with E-state index in [4.69, 9.17) is 16.0 Å². The molecule has 0 aliphatic carbocycles. The lowest BCUT2D eigenvalue weighted by molar-refractivity contribution is 0.574. The third kappa shape index (κ3) is 7.06. The first-order valence-corrected chi connectivity index (χ1v) is 12.3. The van der Waals surface area contributed by atoms with E-state index in [1.54, 1.807) is 24.4 Å². The minimum Gasteiger partial charge on any atom is -0.445 e. The van der Waals surface area contributed by atoms with Crippen molar-refractivity contribution in [1.82, 2.24) is 9.55 Å². The minimum absolute atomic E-state index is 0.0418. The summed E-state index contributed by atoms with van der Waals surface area (Å²) in [7, 11) is 0. The average Bonchev–Trinajstić information content (AvgIpc) is 3.42. The van der Waals surface area contributed by atoms with Crippen molar-refractivity contribution in [1.29, 1.82) is 0 Å². The molecule has 35 heavy (non-hydrogen) atoms. The zero-order valence-corrected chi connectivity index (χ0v) is 21.9. The number of nitrogens with zero attached hydrogens (tertiary/aromatic N) is 2. The number of hydrogen-bond donors (Lipinski definition) is 1. The van der Waals surface area contributed by atoms with Gasteiger partial charge in [0.1, 0.15) is 17.9 Å². The molecule has 2 heterocycles. The van der Waals surface area contributed by atoms with E-state index in [-0.39, 0.29) is 10.5 Å². The van der Waals surface area contributed by atoms with Crippen molar-refractivity contribution >= 4 is 23.1 Å². The highest BCUT2D eigenvalue weighted by atomic mass is 35.5. The van der Waals surface area contributed by atoms with Gasteiger partial charge in [0.2, 0.25) is 5.89 Å². The molecular formula is C28H33ClFN3O2. The highest BCUT2D eigenvalue weighted by Gasteiger charge is 2.11. The quantitative estimate of drug-likeness (QED) is 0.293. The summed E-state index contributed by atoms with van der Waals surface area (Å²) in [5.41, 5.74) is 4.13. The van der Waals surface area contributed by atoms with Crippen LogP contribution in [0.3, 0.4) is 0 Å². The first-order valence-electron chi connectivity index (χ1n) is 11.9. The van der Waals surface area contributed by atoms with Crippen molar-refractivity contribution in [2.24, 2.45) is 0 Å². The second kappa shape index (κ2) is 13.5. The van der Waals surface area contributed by atoms with Gasteiger partial charge in [-0.1, -0.05) is 58.4 Å². The van der Waals surface area contributed by atoms with Crippen LogP contribution in [-0.2, 0) is 13.0 Å². The Balaban J connectivity index is 0.00000103. The number of anilines is 2. The Kier molecular flexibility index (Phi) is 10.7. The summed E-state index contributed by atoms with van der Waals surface area (Å²) >= 11 is 5.96. The summed E-state index contributed by atoms with van der Waals surface area (Å²) in [6.07, 6.45) is 5.56. The number of rotatable bonds is 6. The molecule has 0 saturated heterocycles.